The van der Waals surface area contributed by atoms with E-state index < -0.39 is 23.1 Å². The van der Waals surface area contributed by atoms with Crippen molar-refractivity contribution in [1.29, 1.82) is 0 Å². The molecular weight excluding hydrogens is 417 g/mol. The van der Waals surface area contributed by atoms with Crippen LogP contribution < -0.4 is 3.07 Å². The van der Waals surface area contributed by atoms with Crippen molar-refractivity contribution in [3.63, 3.8) is 0 Å². The molecule has 0 atom stereocenters. The van der Waals surface area contributed by atoms with E-state index in [4.69, 9.17) is 0 Å². The Kier molecular flexibility index (Phi) is 4.80. The predicted octanol–water partition coefficient (Wildman–Crippen LogP) is 3.19. The predicted molar refractivity (Wildman–Crippen MR) is 69.2 cm³/mol. The van der Waals surface area contributed by atoms with Crippen LogP contribution in [0.1, 0.15) is 15.9 Å². The zero-order valence-corrected chi connectivity index (χ0v) is 16.0. The average Bonchev–Trinajstić information content (AvgIpc) is 2.37. The summed E-state index contributed by atoms with van der Waals surface area (Å²) in [4.78, 5) is 12.0. The molecule has 82 valence electrons. The fourth-order valence-electron chi connectivity index (χ4n) is 1.58. The summed E-state index contributed by atoms with van der Waals surface area (Å²) >= 11 is -1.31. The standard InChI is InChI=1S/C8H8OS.C6H5.Hg/c1-6-3-2-4-7(5-6)8(9)10;1-2-4-6-5-3-1;/h2-5H,1H3,(H,9,10);1-5H;/q;;+1/p-1. The third-order valence-electron chi connectivity index (χ3n) is 2.47. The van der Waals surface area contributed by atoms with Crippen LogP contribution in [0.25, 0.3) is 0 Å². The van der Waals surface area contributed by atoms with Gasteiger partial charge in [-0.05, 0) is 0 Å². The van der Waals surface area contributed by atoms with E-state index in [1.165, 1.54) is 3.07 Å². The van der Waals surface area contributed by atoms with E-state index in [1.807, 2.05) is 49.4 Å². The Morgan fingerprint density at radius 2 is 1.82 bits per heavy atom. The van der Waals surface area contributed by atoms with Crippen molar-refractivity contribution in [2.45, 2.75) is 6.92 Å². The molecule has 0 heterocycles. The molecule has 1 nitrogen and oxygen atoms in total. The normalized spacial score (nSPS) is 9.71. The topological polar surface area (TPSA) is 17.1 Å². The van der Waals surface area contributed by atoms with Gasteiger partial charge in [-0.15, -0.1) is 0 Å². The molecule has 0 saturated heterocycles. The van der Waals surface area contributed by atoms with Crippen LogP contribution in [0.3, 0.4) is 0 Å². The van der Waals surface area contributed by atoms with E-state index in [9.17, 15) is 4.79 Å². The van der Waals surface area contributed by atoms with Crippen LogP contribution in [0.5, 0.6) is 0 Å². The van der Waals surface area contributed by atoms with E-state index in [1.54, 1.807) is 8.24 Å². The minimum absolute atomic E-state index is 0.235. The second-order valence-electron chi connectivity index (χ2n) is 3.93. The molecule has 0 aliphatic heterocycles. The van der Waals surface area contributed by atoms with E-state index in [-0.39, 0.29) is 5.12 Å². The molecule has 0 aromatic heterocycles. The molecule has 0 unspecified atom stereocenters. The van der Waals surface area contributed by atoms with E-state index >= 15 is 0 Å². The van der Waals surface area contributed by atoms with Gasteiger partial charge in [0.1, 0.15) is 0 Å². The fourth-order valence-corrected chi connectivity index (χ4v) is 11.1. The molecule has 0 N–H and O–H groups in total. The maximum absolute atomic E-state index is 12.0. The van der Waals surface area contributed by atoms with Crippen LogP contribution in [-0.2, 0) is 23.1 Å². The summed E-state index contributed by atoms with van der Waals surface area (Å²) in [6.07, 6.45) is 0. The van der Waals surface area contributed by atoms with Crippen LogP contribution in [0.2, 0.25) is 0 Å². The second-order valence-corrected chi connectivity index (χ2v) is 14.8. The van der Waals surface area contributed by atoms with Crippen LogP contribution in [0.15, 0.2) is 54.6 Å². The molecule has 17 heavy (non-hydrogen) atoms. The van der Waals surface area contributed by atoms with Crippen molar-refractivity contribution in [3.8, 4) is 0 Å². The minimum atomic E-state index is -1.31. The molecule has 3 heteroatoms. The zero-order valence-electron chi connectivity index (χ0n) is 9.72. The molecular formula is C14H12HgOS. The molecule has 2 rings (SSSR count). The zero-order chi connectivity index (χ0) is 12.1. The monoisotopic (exact) mass is 430 g/mol. The summed E-state index contributed by atoms with van der Waals surface area (Å²) in [5.41, 5.74) is 1.98. The van der Waals surface area contributed by atoms with Crippen molar-refractivity contribution in [1.82, 2.24) is 0 Å². The van der Waals surface area contributed by atoms with Gasteiger partial charge in [-0.25, -0.2) is 0 Å². The third-order valence-corrected chi connectivity index (χ3v) is 13.9. The van der Waals surface area contributed by atoms with Gasteiger partial charge in [-0.2, -0.15) is 0 Å². The summed E-state index contributed by atoms with van der Waals surface area (Å²) in [5, 5.41) is 0.235. The molecule has 0 aliphatic carbocycles. The van der Waals surface area contributed by atoms with Gasteiger partial charge in [0, 0.05) is 0 Å². The molecule has 0 radical (unpaired) electrons. The molecule has 0 aliphatic rings. The molecule has 0 saturated carbocycles. The molecule has 0 fully saturated rings. The van der Waals surface area contributed by atoms with E-state index in [2.05, 4.69) is 12.1 Å². The van der Waals surface area contributed by atoms with Gasteiger partial charge in [-0.3, -0.25) is 0 Å². The van der Waals surface area contributed by atoms with Gasteiger partial charge in [0.2, 0.25) is 0 Å². The third kappa shape index (κ3) is 3.96. The summed E-state index contributed by atoms with van der Waals surface area (Å²) in [6.45, 7) is 2.02. The van der Waals surface area contributed by atoms with Gasteiger partial charge < -0.3 is 0 Å². The Labute approximate surface area is 116 Å². The molecule has 2 aromatic rings. The summed E-state index contributed by atoms with van der Waals surface area (Å²) in [5.74, 6) is 0. The van der Waals surface area contributed by atoms with Crippen LogP contribution in [0, 0.1) is 6.92 Å². The van der Waals surface area contributed by atoms with Crippen LogP contribution >= 0.6 is 8.24 Å². The maximum atomic E-state index is 12.0. The Balaban J connectivity index is 1.98. The number of carbonyl (C=O) groups is 1. The number of carbonyl (C=O) groups excluding carboxylic acids is 1. The van der Waals surface area contributed by atoms with Crippen LogP contribution in [-0.4, -0.2) is 5.12 Å². The number of hydrogen-bond acceptors (Lipinski definition) is 2. The average molecular weight is 429 g/mol. The fraction of sp³-hybridized carbons (Fsp3) is 0.0714. The van der Waals surface area contributed by atoms with E-state index in [0.29, 0.717) is 0 Å². The molecule has 2 aromatic carbocycles. The van der Waals surface area contributed by atoms with Crippen molar-refractivity contribution in [2.75, 3.05) is 0 Å². The first-order chi connectivity index (χ1) is 8.25. The summed E-state index contributed by atoms with van der Waals surface area (Å²) in [6, 6.07) is 18.2. The second kappa shape index (κ2) is 6.36. The number of hydrogen-bond donors (Lipinski definition) is 0. The van der Waals surface area contributed by atoms with Gasteiger partial charge in [-0.1, -0.05) is 0 Å². The van der Waals surface area contributed by atoms with E-state index in [0.717, 1.165) is 11.1 Å². The molecule has 0 bridgehead atoms. The van der Waals surface area contributed by atoms with Gasteiger partial charge in [0.15, 0.2) is 0 Å². The van der Waals surface area contributed by atoms with Gasteiger partial charge in [0.25, 0.3) is 0 Å². The number of rotatable bonds is 3. The summed E-state index contributed by atoms with van der Waals surface area (Å²) in [7, 11) is 1.57. The first-order valence-corrected chi connectivity index (χ1v) is 16.0. The van der Waals surface area contributed by atoms with Gasteiger partial charge >= 0.3 is 117 Å². The van der Waals surface area contributed by atoms with Gasteiger partial charge in [0.05, 0.1) is 0 Å². The van der Waals surface area contributed by atoms with Crippen molar-refractivity contribution in [2.24, 2.45) is 0 Å². The van der Waals surface area contributed by atoms with Crippen molar-refractivity contribution in [3.05, 3.63) is 65.7 Å². The first kappa shape index (κ1) is 12.8. The Morgan fingerprint density at radius 1 is 1.06 bits per heavy atom. The van der Waals surface area contributed by atoms with Crippen LogP contribution in [0.4, 0.5) is 0 Å². The quantitative estimate of drug-likeness (QED) is 0.698. The Morgan fingerprint density at radius 3 is 2.53 bits per heavy atom. The van der Waals surface area contributed by atoms with Crippen molar-refractivity contribution < 1.29 is 27.9 Å². The summed E-state index contributed by atoms with van der Waals surface area (Å²) < 4.78 is 1.40. The molecule has 0 amide bonds. The Bertz CT molecular complexity index is 511. The molecule has 0 spiro atoms. The van der Waals surface area contributed by atoms with Crippen molar-refractivity contribution >= 4 is 16.4 Å². The SMILES string of the molecule is Cc1cccc(C(=O)[S][Hg][c]2ccccc2)c1. The Hall–Kier alpha value is -0.605. The number of benzene rings is 2. The first-order valence-electron chi connectivity index (χ1n) is 5.53. The number of aryl methyl sites for hydroxylation is 1.